The summed E-state index contributed by atoms with van der Waals surface area (Å²) in [6, 6.07) is 25.1. The lowest BCUT2D eigenvalue weighted by molar-refractivity contribution is 0.0950. The van der Waals surface area contributed by atoms with Crippen molar-refractivity contribution in [1.82, 2.24) is 5.32 Å². The minimum absolute atomic E-state index is 0.0998. The fourth-order valence-electron chi connectivity index (χ4n) is 2.89. The van der Waals surface area contributed by atoms with E-state index in [4.69, 9.17) is 4.74 Å². The predicted octanol–water partition coefficient (Wildman–Crippen LogP) is 5.08. The van der Waals surface area contributed by atoms with Gasteiger partial charge in [0.15, 0.2) is 0 Å². The molecule has 29 heavy (non-hydrogen) atoms. The standard InChI is InChI=1S/C24H22N2O2S/c1-28-20-14-12-18(13-15-20)7-6-16-26-24(27)21-9-3-5-11-23(21)29-22-10-4-2-8-19(22)17-25/h2-5,8-15H,6-7,16H2,1H3,(H,26,27). The molecule has 0 saturated carbocycles. The van der Waals surface area contributed by atoms with E-state index in [1.807, 2.05) is 66.7 Å². The molecular formula is C24H22N2O2S. The Labute approximate surface area is 175 Å². The summed E-state index contributed by atoms with van der Waals surface area (Å²) in [5, 5.41) is 12.3. The van der Waals surface area contributed by atoms with Crippen LogP contribution in [0.4, 0.5) is 0 Å². The van der Waals surface area contributed by atoms with Crippen molar-refractivity contribution in [3.8, 4) is 11.8 Å². The van der Waals surface area contributed by atoms with Crippen molar-refractivity contribution in [2.45, 2.75) is 22.6 Å². The molecule has 3 aromatic rings. The summed E-state index contributed by atoms with van der Waals surface area (Å²) in [6.07, 6.45) is 1.74. The summed E-state index contributed by atoms with van der Waals surface area (Å²) in [4.78, 5) is 14.4. The Morgan fingerprint density at radius 1 is 1.00 bits per heavy atom. The van der Waals surface area contributed by atoms with E-state index in [0.29, 0.717) is 17.7 Å². The summed E-state index contributed by atoms with van der Waals surface area (Å²) in [6.45, 7) is 0.596. The highest BCUT2D eigenvalue weighted by Crippen LogP contribution is 2.32. The third-order valence-electron chi connectivity index (χ3n) is 4.45. The van der Waals surface area contributed by atoms with Crippen molar-refractivity contribution in [3.63, 3.8) is 0 Å². The normalized spacial score (nSPS) is 10.2. The van der Waals surface area contributed by atoms with Crippen LogP contribution >= 0.6 is 11.8 Å². The van der Waals surface area contributed by atoms with Crippen LogP contribution in [-0.4, -0.2) is 19.6 Å². The molecule has 0 aliphatic rings. The largest absolute Gasteiger partial charge is 0.497 e. The average Bonchev–Trinajstić information content (AvgIpc) is 2.77. The lowest BCUT2D eigenvalue weighted by Gasteiger charge is -2.11. The minimum Gasteiger partial charge on any atom is -0.497 e. The van der Waals surface area contributed by atoms with Crippen LogP contribution in [0.15, 0.2) is 82.6 Å². The van der Waals surface area contributed by atoms with E-state index in [9.17, 15) is 10.1 Å². The van der Waals surface area contributed by atoms with Crippen molar-refractivity contribution in [2.75, 3.05) is 13.7 Å². The summed E-state index contributed by atoms with van der Waals surface area (Å²) < 4.78 is 5.17. The smallest absolute Gasteiger partial charge is 0.252 e. The van der Waals surface area contributed by atoms with Crippen molar-refractivity contribution < 1.29 is 9.53 Å². The quantitative estimate of drug-likeness (QED) is 0.534. The predicted molar refractivity (Wildman–Crippen MR) is 115 cm³/mol. The summed E-state index contributed by atoms with van der Waals surface area (Å²) in [7, 11) is 1.65. The minimum atomic E-state index is -0.0998. The van der Waals surface area contributed by atoms with Gasteiger partial charge < -0.3 is 10.1 Å². The zero-order valence-electron chi connectivity index (χ0n) is 16.2. The molecule has 0 bridgehead atoms. The number of rotatable bonds is 8. The van der Waals surface area contributed by atoms with E-state index in [2.05, 4.69) is 11.4 Å². The molecule has 5 heteroatoms. The number of benzene rings is 3. The average molecular weight is 403 g/mol. The Morgan fingerprint density at radius 2 is 1.69 bits per heavy atom. The number of carbonyl (C=O) groups excluding carboxylic acids is 1. The molecule has 0 aliphatic heterocycles. The van der Waals surface area contributed by atoms with Gasteiger partial charge in [-0.3, -0.25) is 4.79 Å². The van der Waals surface area contributed by atoms with Crippen LogP contribution in [0.25, 0.3) is 0 Å². The number of ether oxygens (including phenoxy) is 1. The van der Waals surface area contributed by atoms with Gasteiger partial charge in [-0.25, -0.2) is 0 Å². The van der Waals surface area contributed by atoms with Gasteiger partial charge in [0.1, 0.15) is 11.8 Å². The summed E-state index contributed by atoms with van der Waals surface area (Å²) in [5.74, 6) is 0.742. The number of aryl methyl sites for hydroxylation is 1. The van der Waals surface area contributed by atoms with Crippen LogP contribution in [0.5, 0.6) is 5.75 Å². The lowest BCUT2D eigenvalue weighted by atomic mass is 10.1. The fraction of sp³-hybridized carbons (Fsp3) is 0.167. The Balaban J connectivity index is 1.59. The van der Waals surface area contributed by atoms with Gasteiger partial charge in [0.2, 0.25) is 0 Å². The molecule has 0 fully saturated rings. The third-order valence-corrected chi connectivity index (χ3v) is 5.60. The molecular weight excluding hydrogens is 380 g/mol. The maximum absolute atomic E-state index is 12.7. The molecule has 0 aromatic heterocycles. The number of hydrogen-bond donors (Lipinski definition) is 1. The topological polar surface area (TPSA) is 62.1 Å². The SMILES string of the molecule is COc1ccc(CCCNC(=O)c2ccccc2Sc2ccccc2C#N)cc1. The first-order valence-electron chi connectivity index (χ1n) is 9.38. The van der Waals surface area contributed by atoms with Gasteiger partial charge >= 0.3 is 0 Å². The number of nitrogens with zero attached hydrogens (tertiary/aromatic N) is 1. The van der Waals surface area contributed by atoms with Crippen molar-refractivity contribution in [3.05, 3.63) is 89.5 Å². The molecule has 0 unspecified atom stereocenters. The molecule has 1 amide bonds. The maximum atomic E-state index is 12.7. The fourth-order valence-corrected chi connectivity index (χ4v) is 3.92. The number of nitriles is 1. The van der Waals surface area contributed by atoms with Crippen LogP contribution in [0.2, 0.25) is 0 Å². The van der Waals surface area contributed by atoms with Crippen molar-refractivity contribution in [1.29, 1.82) is 5.26 Å². The van der Waals surface area contributed by atoms with Crippen LogP contribution in [-0.2, 0) is 6.42 Å². The molecule has 0 heterocycles. The van der Waals surface area contributed by atoms with Gasteiger partial charge in [-0.2, -0.15) is 5.26 Å². The van der Waals surface area contributed by atoms with Gasteiger partial charge in [0.25, 0.3) is 5.91 Å². The van der Waals surface area contributed by atoms with E-state index in [1.54, 1.807) is 13.2 Å². The van der Waals surface area contributed by atoms with Crippen LogP contribution < -0.4 is 10.1 Å². The van der Waals surface area contributed by atoms with E-state index < -0.39 is 0 Å². The second kappa shape index (κ2) is 10.4. The number of methoxy groups -OCH3 is 1. The highest BCUT2D eigenvalue weighted by molar-refractivity contribution is 7.99. The van der Waals surface area contributed by atoms with Crippen LogP contribution in [0.3, 0.4) is 0 Å². The van der Waals surface area contributed by atoms with E-state index >= 15 is 0 Å². The second-order valence-electron chi connectivity index (χ2n) is 6.41. The number of amides is 1. The molecule has 146 valence electrons. The molecule has 0 aliphatic carbocycles. The number of nitrogens with one attached hydrogen (secondary N) is 1. The summed E-state index contributed by atoms with van der Waals surface area (Å²) in [5.41, 5.74) is 2.44. The third kappa shape index (κ3) is 5.63. The van der Waals surface area contributed by atoms with Crippen molar-refractivity contribution in [2.24, 2.45) is 0 Å². The molecule has 1 N–H and O–H groups in total. The second-order valence-corrected chi connectivity index (χ2v) is 7.50. The number of carbonyl (C=O) groups is 1. The summed E-state index contributed by atoms with van der Waals surface area (Å²) >= 11 is 1.44. The zero-order valence-corrected chi connectivity index (χ0v) is 17.0. The molecule has 0 atom stereocenters. The molecule has 0 saturated heterocycles. The molecule has 0 spiro atoms. The van der Waals surface area contributed by atoms with Crippen molar-refractivity contribution >= 4 is 17.7 Å². The zero-order chi connectivity index (χ0) is 20.5. The molecule has 4 nitrogen and oxygen atoms in total. The molecule has 3 aromatic carbocycles. The maximum Gasteiger partial charge on any atom is 0.252 e. The van der Waals surface area contributed by atoms with E-state index in [-0.39, 0.29) is 5.91 Å². The molecule has 0 radical (unpaired) electrons. The lowest BCUT2D eigenvalue weighted by Crippen LogP contribution is -2.25. The first kappa shape index (κ1) is 20.5. The Morgan fingerprint density at radius 3 is 2.41 bits per heavy atom. The number of hydrogen-bond acceptors (Lipinski definition) is 4. The first-order chi connectivity index (χ1) is 14.2. The van der Waals surface area contributed by atoms with Gasteiger partial charge in [-0.15, -0.1) is 0 Å². The van der Waals surface area contributed by atoms with E-state index in [0.717, 1.165) is 28.4 Å². The van der Waals surface area contributed by atoms with Crippen LogP contribution in [0.1, 0.15) is 27.9 Å². The van der Waals surface area contributed by atoms with Gasteiger partial charge in [-0.1, -0.05) is 48.2 Å². The van der Waals surface area contributed by atoms with Gasteiger partial charge in [0, 0.05) is 16.3 Å². The Bertz CT molecular complexity index is 1010. The Hall–Kier alpha value is -3.23. The monoisotopic (exact) mass is 402 g/mol. The first-order valence-corrected chi connectivity index (χ1v) is 10.2. The highest BCUT2D eigenvalue weighted by atomic mass is 32.2. The molecule has 3 rings (SSSR count). The van der Waals surface area contributed by atoms with Crippen LogP contribution in [0, 0.1) is 11.3 Å². The van der Waals surface area contributed by atoms with E-state index in [1.165, 1.54) is 17.3 Å². The Kier molecular flexibility index (Phi) is 7.32. The highest BCUT2D eigenvalue weighted by Gasteiger charge is 2.13. The van der Waals surface area contributed by atoms with Gasteiger partial charge in [-0.05, 0) is 54.8 Å². The van der Waals surface area contributed by atoms with Gasteiger partial charge in [0.05, 0.1) is 18.2 Å².